The van der Waals surface area contributed by atoms with Gasteiger partial charge in [0.05, 0.1) is 11.8 Å². The number of benzene rings is 1. The number of carbonyl (C=O) groups is 1. The van der Waals surface area contributed by atoms with Crippen molar-refractivity contribution in [2.24, 2.45) is 0 Å². The molecule has 3 rings (SSSR count). The molecule has 0 aliphatic heterocycles. The van der Waals surface area contributed by atoms with Gasteiger partial charge < -0.3 is 9.52 Å². The Morgan fingerprint density at radius 1 is 1.45 bits per heavy atom. The van der Waals surface area contributed by atoms with Gasteiger partial charge in [-0.25, -0.2) is 14.5 Å². The minimum absolute atomic E-state index is 0.155. The number of aromatic carboxylic acids is 1. The Bertz CT molecular complexity index is 790. The van der Waals surface area contributed by atoms with Crippen molar-refractivity contribution in [1.82, 2.24) is 20.0 Å². The molecule has 2 heterocycles. The van der Waals surface area contributed by atoms with Crippen molar-refractivity contribution in [1.29, 1.82) is 0 Å². The summed E-state index contributed by atoms with van der Waals surface area (Å²) < 4.78 is 6.99. The first kappa shape index (κ1) is 12.3. The molecule has 2 aromatic heterocycles. The average molecular weight is 272 g/mol. The second-order valence-electron chi connectivity index (χ2n) is 4.50. The number of hydrogen-bond donors (Lipinski definition) is 1. The third-order valence-electron chi connectivity index (χ3n) is 3.09. The lowest BCUT2D eigenvalue weighted by molar-refractivity contribution is 0.0698. The number of nitrogens with zero attached hydrogens (tertiary/aromatic N) is 4. The Morgan fingerprint density at radius 2 is 2.25 bits per heavy atom. The van der Waals surface area contributed by atoms with Crippen LogP contribution in [-0.4, -0.2) is 31.1 Å². The zero-order valence-electron chi connectivity index (χ0n) is 10.9. The average Bonchev–Trinajstić information content (AvgIpc) is 3.03. The highest BCUT2D eigenvalue weighted by Gasteiger charge is 2.21. The van der Waals surface area contributed by atoms with Crippen LogP contribution in [0, 0.1) is 6.92 Å². The fourth-order valence-corrected chi connectivity index (χ4v) is 2.11. The predicted molar refractivity (Wildman–Crippen MR) is 69.5 cm³/mol. The highest BCUT2D eigenvalue weighted by molar-refractivity contribution is 6.00. The first-order valence-electron chi connectivity index (χ1n) is 6.07. The van der Waals surface area contributed by atoms with Crippen LogP contribution >= 0.6 is 0 Å². The van der Waals surface area contributed by atoms with Gasteiger partial charge in [-0.15, -0.1) is 5.10 Å². The molecule has 102 valence electrons. The molecule has 0 spiro atoms. The molecular weight excluding hydrogens is 260 g/mol. The summed E-state index contributed by atoms with van der Waals surface area (Å²) in [5, 5.41) is 17.3. The zero-order valence-corrected chi connectivity index (χ0v) is 10.9. The minimum Gasteiger partial charge on any atom is -0.478 e. The predicted octanol–water partition coefficient (Wildman–Crippen LogP) is 2.04. The summed E-state index contributed by atoms with van der Waals surface area (Å²) in [6.07, 6.45) is 1.61. The Labute approximate surface area is 113 Å². The maximum absolute atomic E-state index is 11.3. The highest BCUT2D eigenvalue weighted by atomic mass is 16.4. The lowest BCUT2D eigenvalue weighted by Gasteiger charge is -2.09. The quantitative estimate of drug-likeness (QED) is 0.784. The van der Waals surface area contributed by atoms with Gasteiger partial charge in [-0.1, -0.05) is 11.3 Å². The van der Waals surface area contributed by atoms with E-state index in [-0.39, 0.29) is 11.6 Å². The molecule has 1 N–H and O–H groups in total. The van der Waals surface area contributed by atoms with Crippen molar-refractivity contribution >= 4 is 17.0 Å². The SMILES string of the molecule is Cc1cnc(C(C)n2nnc3cccc(C(=O)O)c32)o1. The third kappa shape index (κ3) is 1.83. The van der Waals surface area contributed by atoms with Crippen molar-refractivity contribution in [3.05, 3.63) is 41.6 Å². The van der Waals surface area contributed by atoms with E-state index in [1.54, 1.807) is 25.3 Å². The molecule has 20 heavy (non-hydrogen) atoms. The minimum atomic E-state index is -1.02. The molecule has 0 radical (unpaired) electrons. The van der Waals surface area contributed by atoms with Crippen LogP contribution in [0.25, 0.3) is 11.0 Å². The first-order valence-corrected chi connectivity index (χ1v) is 6.07. The van der Waals surface area contributed by atoms with Crippen LogP contribution < -0.4 is 0 Å². The molecule has 0 aliphatic rings. The van der Waals surface area contributed by atoms with Gasteiger partial charge in [-0.2, -0.15) is 0 Å². The third-order valence-corrected chi connectivity index (χ3v) is 3.09. The van der Waals surface area contributed by atoms with Gasteiger partial charge >= 0.3 is 5.97 Å². The van der Waals surface area contributed by atoms with Crippen LogP contribution in [0.3, 0.4) is 0 Å². The summed E-state index contributed by atoms with van der Waals surface area (Å²) in [5.41, 5.74) is 1.14. The Balaban J connectivity index is 2.19. The first-order chi connectivity index (χ1) is 9.58. The van der Waals surface area contributed by atoms with Crippen molar-refractivity contribution < 1.29 is 14.3 Å². The van der Waals surface area contributed by atoms with E-state index in [9.17, 15) is 9.90 Å². The molecule has 7 heteroatoms. The van der Waals surface area contributed by atoms with E-state index in [0.717, 1.165) is 0 Å². The number of carboxylic acid groups (broad SMARTS) is 1. The number of fused-ring (bicyclic) bond motifs is 1. The van der Waals surface area contributed by atoms with Crippen LogP contribution in [0.5, 0.6) is 0 Å². The summed E-state index contributed by atoms with van der Waals surface area (Å²) in [7, 11) is 0. The maximum Gasteiger partial charge on any atom is 0.337 e. The van der Waals surface area contributed by atoms with E-state index in [2.05, 4.69) is 15.3 Å². The zero-order chi connectivity index (χ0) is 14.3. The van der Waals surface area contributed by atoms with Crippen molar-refractivity contribution in [2.45, 2.75) is 19.9 Å². The summed E-state index contributed by atoms with van der Waals surface area (Å²) in [4.78, 5) is 15.5. The monoisotopic (exact) mass is 272 g/mol. The number of oxazole rings is 1. The van der Waals surface area contributed by atoms with Gasteiger partial charge in [0.2, 0.25) is 5.89 Å². The smallest absolute Gasteiger partial charge is 0.337 e. The number of rotatable bonds is 3. The molecule has 0 bridgehead atoms. The number of hydrogen-bond acceptors (Lipinski definition) is 5. The molecule has 0 saturated heterocycles. The topological polar surface area (TPSA) is 94.0 Å². The van der Waals surface area contributed by atoms with Gasteiger partial charge in [-0.05, 0) is 26.0 Å². The number of aryl methyl sites for hydroxylation is 1. The number of para-hydroxylation sites is 1. The molecule has 0 amide bonds. The molecule has 1 unspecified atom stereocenters. The number of aromatic nitrogens is 4. The van der Waals surface area contributed by atoms with E-state index in [4.69, 9.17) is 4.42 Å². The maximum atomic E-state index is 11.3. The molecule has 0 fully saturated rings. The van der Waals surface area contributed by atoms with Crippen LogP contribution in [0.1, 0.15) is 35.0 Å². The molecule has 1 aromatic carbocycles. The summed E-state index contributed by atoms with van der Waals surface area (Å²) in [5.74, 6) is 0.138. The molecule has 1 atom stereocenters. The Hall–Kier alpha value is -2.70. The van der Waals surface area contributed by atoms with E-state index >= 15 is 0 Å². The second kappa shape index (κ2) is 4.44. The van der Waals surface area contributed by atoms with Gasteiger partial charge in [0.25, 0.3) is 0 Å². The molecule has 7 nitrogen and oxygen atoms in total. The Morgan fingerprint density at radius 3 is 2.90 bits per heavy atom. The Kier molecular flexibility index (Phi) is 2.74. The standard InChI is InChI=1S/C13H12N4O3/c1-7-6-14-12(20-7)8(2)17-11-9(13(18)19)4-3-5-10(11)15-16-17/h3-6,8H,1-2H3,(H,18,19). The van der Waals surface area contributed by atoms with E-state index < -0.39 is 5.97 Å². The van der Waals surface area contributed by atoms with Crippen LogP contribution in [-0.2, 0) is 0 Å². The highest BCUT2D eigenvalue weighted by Crippen LogP contribution is 2.24. The van der Waals surface area contributed by atoms with Gasteiger partial charge in [0.1, 0.15) is 22.8 Å². The molecular formula is C13H12N4O3. The number of carboxylic acids is 1. The lowest BCUT2D eigenvalue weighted by Crippen LogP contribution is -2.11. The second-order valence-corrected chi connectivity index (χ2v) is 4.50. The molecule has 0 aliphatic carbocycles. The van der Waals surface area contributed by atoms with Crippen molar-refractivity contribution in [3.63, 3.8) is 0 Å². The van der Waals surface area contributed by atoms with Crippen LogP contribution in [0.4, 0.5) is 0 Å². The van der Waals surface area contributed by atoms with Crippen molar-refractivity contribution in [2.75, 3.05) is 0 Å². The fourth-order valence-electron chi connectivity index (χ4n) is 2.11. The van der Waals surface area contributed by atoms with Crippen LogP contribution in [0.2, 0.25) is 0 Å². The summed E-state index contributed by atoms with van der Waals surface area (Å²) >= 11 is 0. The van der Waals surface area contributed by atoms with E-state index in [0.29, 0.717) is 22.7 Å². The van der Waals surface area contributed by atoms with E-state index in [1.807, 2.05) is 6.92 Å². The van der Waals surface area contributed by atoms with E-state index in [1.165, 1.54) is 10.7 Å². The lowest BCUT2D eigenvalue weighted by atomic mass is 10.1. The van der Waals surface area contributed by atoms with Crippen LogP contribution in [0.15, 0.2) is 28.8 Å². The van der Waals surface area contributed by atoms with Crippen molar-refractivity contribution in [3.8, 4) is 0 Å². The van der Waals surface area contributed by atoms with Gasteiger partial charge in [0.15, 0.2) is 0 Å². The summed E-state index contributed by atoms with van der Waals surface area (Å²) in [6, 6.07) is 4.55. The summed E-state index contributed by atoms with van der Waals surface area (Å²) in [6.45, 7) is 3.63. The normalized spacial score (nSPS) is 12.7. The van der Waals surface area contributed by atoms with Gasteiger partial charge in [-0.3, -0.25) is 0 Å². The molecule has 3 aromatic rings. The fraction of sp³-hybridized carbons (Fsp3) is 0.231. The van der Waals surface area contributed by atoms with Gasteiger partial charge in [0, 0.05) is 0 Å². The largest absolute Gasteiger partial charge is 0.478 e. The molecule has 0 saturated carbocycles.